The van der Waals surface area contributed by atoms with Crippen molar-refractivity contribution in [2.24, 2.45) is 0 Å². The van der Waals surface area contributed by atoms with Gasteiger partial charge in [-0.1, -0.05) is 24.6 Å². The van der Waals surface area contributed by atoms with Gasteiger partial charge in [0.05, 0.1) is 16.3 Å². The zero-order valence-corrected chi connectivity index (χ0v) is 11.9. The maximum Gasteiger partial charge on any atom is 0.253 e. The molecule has 4 nitrogen and oxygen atoms in total. The molecule has 5 heteroatoms. The molecule has 1 amide bonds. The van der Waals surface area contributed by atoms with Crippen LogP contribution in [0.4, 0.5) is 5.69 Å². The van der Waals surface area contributed by atoms with Gasteiger partial charge in [-0.05, 0) is 38.1 Å². The van der Waals surface area contributed by atoms with Crippen molar-refractivity contribution in [3.63, 3.8) is 0 Å². The van der Waals surface area contributed by atoms with Crippen molar-refractivity contribution < 1.29 is 4.79 Å². The number of hydrogen-bond acceptors (Lipinski definition) is 3. The van der Waals surface area contributed by atoms with Crippen LogP contribution in [0.1, 0.15) is 30.1 Å². The Morgan fingerprint density at radius 2 is 2.37 bits per heavy atom. The van der Waals surface area contributed by atoms with Gasteiger partial charge in [-0.15, -0.1) is 0 Å². The highest BCUT2D eigenvalue weighted by molar-refractivity contribution is 6.33. The molecule has 1 heterocycles. The number of anilines is 1. The van der Waals surface area contributed by atoms with Gasteiger partial charge in [-0.2, -0.15) is 0 Å². The lowest BCUT2D eigenvalue weighted by atomic mass is 10.1. The van der Waals surface area contributed by atoms with Crippen LogP contribution in [-0.4, -0.2) is 36.5 Å². The second-order valence-electron chi connectivity index (χ2n) is 4.84. The Hall–Kier alpha value is -1.26. The second-order valence-corrected chi connectivity index (χ2v) is 5.24. The number of carbonyl (C=O) groups is 1. The van der Waals surface area contributed by atoms with E-state index in [1.165, 1.54) is 6.42 Å². The summed E-state index contributed by atoms with van der Waals surface area (Å²) in [7, 11) is 0. The third-order valence-corrected chi connectivity index (χ3v) is 4.03. The number of hydrogen-bond donors (Lipinski definition) is 2. The van der Waals surface area contributed by atoms with E-state index in [1.54, 1.807) is 18.2 Å². The smallest absolute Gasteiger partial charge is 0.253 e. The molecular weight excluding hydrogens is 262 g/mol. The molecule has 104 valence electrons. The van der Waals surface area contributed by atoms with E-state index in [9.17, 15) is 4.79 Å². The molecule has 1 fully saturated rings. The van der Waals surface area contributed by atoms with Gasteiger partial charge in [-0.3, -0.25) is 9.69 Å². The number of nitrogens with one attached hydrogen (secondary N) is 1. The van der Waals surface area contributed by atoms with Crippen molar-refractivity contribution in [1.29, 1.82) is 0 Å². The van der Waals surface area contributed by atoms with E-state index in [1.807, 2.05) is 0 Å². The average molecular weight is 282 g/mol. The Kier molecular flexibility index (Phi) is 4.66. The van der Waals surface area contributed by atoms with Crippen molar-refractivity contribution in [2.75, 3.05) is 25.4 Å². The predicted molar refractivity (Wildman–Crippen MR) is 78.5 cm³/mol. The average Bonchev–Trinajstić information content (AvgIpc) is 2.86. The first-order chi connectivity index (χ1) is 9.13. The summed E-state index contributed by atoms with van der Waals surface area (Å²) < 4.78 is 0. The summed E-state index contributed by atoms with van der Waals surface area (Å²) in [6.45, 7) is 4.96. The van der Waals surface area contributed by atoms with Gasteiger partial charge in [0.15, 0.2) is 0 Å². The van der Waals surface area contributed by atoms with E-state index in [2.05, 4.69) is 17.1 Å². The van der Waals surface area contributed by atoms with Crippen molar-refractivity contribution in [2.45, 2.75) is 25.8 Å². The minimum absolute atomic E-state index is 0.150. The molecule has 3 N–H and O–H groups in total. The minimum atomic E-state index is -0.150. The fourth-order valence-corrected chi connectivity index (χ4v) is 2.76. The first kappa shape index (κ1) is 14.2. The highest BCUT2D eigenvalue weighted by Crippen LogP contribution is 2.22. The third kappa shape index (κ3) is 3.19. The number of carbonyl (C=O) groups excluding carboxylic acids is 1. The fraction of sp³-hybridized carbons (Fsp3) is 0.500. The van der Waals surface area contributed by atoms with Gasteiger partial charge in [0.2, 0.25) is 0 Å². The predicted octanol–water partition coefficient (Wildman–Crippen LogP) is 2.14. The van der Waals surface area contributed by atoms with Gasteiger partial charge >= 0.3 is 0 Å². The Bertz CT molecular complexity index is 464. The molecule has 1 aromatic rings. The van der Waals surface area contributed by atoms with Crippen LogP contribution in [0.25, 0.3) is 0 Å². The number of nitrogens with zero attached hydrogens (tertiary/aromatic N) is 1. The topological polar surface area (TPSA) is 58.4 Å². The van der Waals surface area contributed by atoms with Crippen molar-refractivity contribution in [3.05, 3.63) is 28.8 Å². The van der Waals surface area contributed by atoms with Crippen molar-refractivity contribution in [3.8, 4) is 0 Å². The summed E-state index contributed by atoms with van der Waals surface area (Å²) >= 11 is 5.92. The summed E-state index contributed by atoms with van der Waals surface area (Å²) in [6.07, 6.45) is 2.34. The summed E-state index contributed by atoms with van der Waals surface area (Å²) in [5, 5.41) is 3.37. The number of nitrogens with two attached hydrogens (primary N) is 1. The van der Waals surface area contributed by atoms with Crippen LogP contribution in [0.5, 0.6) is 0 Å². The van der Waals surface area contributed by atoms with Crippen LogP contribution >= 0.6 is 11.6 Å². The van der Waals surface area contributed by atoms with Crippen LogP contribution < -0.4 is 11.1 Å². The quantitative estimate of drug-likeness (QED) is 0.832. The number of nitrogen functional groups attached to an aromatic ring is 1. The number of halogens is 1. The minimum Gasteiger partial charge on any atom is -0.397 e. The lowest BCUT2D eigenvalue weighted by molar-refractivity contribution is 0.0942. The molecule has 1 saturated heterocycles. The summed E-state index contributed by atoms with van der Waals surface area (Å²) in [5.74, 6) is -0.150. The Labute approximate surface area is 118 Å². The van der Waals surface area contributed by atoms with Crippen molar-refractivity contribution >= 4 is 23.2 Å². The van der Waals surface area contributed by atoms with E-state index in [0.29, 0.717) is 28.9 Å². The maximum atomic E-state index is 12.1. The molecule has 1 atom stereocenters. The molecule has 1 unspecified atom stereocenters. The van der Waals surface area contributed by atoms with Gasteiger partial charge in [-0.25, -0.2) is 0 Å². The Balaban J connectivity index is 1.96. The van der Waals surface area contributed by atoms with Gasteiger partial charge < -0.3 is 11.1 Å². The number of rotatable bonds is 4. The molecular formula is C14H20ClN3O. The second kappa shape index (κ2) is 6.26. The molecule has 0 aromatic heterocycles. The first-order valence-electron chi connectivity index (χ1n) is 6.69. The van der Waals surface area contributed by atoms with E-state index in [4.69, 9.17) is 17.3 Å². The molecule has 0 bridgehead atoms. The highest BCUT2D eigenvalue weighted by Gasteiger charge is 2.23. The van der Waals surface area contributed by atoms with Crippen LogP contribution in [-0.2, 0) is 0 Å². The Morgan fingerprint density at radius 3 is 3.11 bits per heavy atom. The number of amides is 1. The highest BCUT2D eigenvalue weighted by atomic mass is 35.5. The van der Waals surface area contributed by atoms with E-state index in [0.717, 1.165) is 19.5 Å². The van der Waals surface area contributed by atoms with Gasteiger partial charge in [0, 0.05) is 12.6 Å². The normalized spacial score (nSPS) is 19.6. The summed E-state index contributed by atoms with van der Waals surface area (Å²) in [4.78, 5) is 14.5. The lowest BCUT2D eigenvalue weighted by Gasteiger charge is -2.23. The number of para-hydroxylation sites is 1. The van der Waals surface area contributed by atoms with Crippen LogP contribution in [0.3, 0.4) is 0 Å². The standard InChI is InChI=1S/C14H20ClN3O/c1-2-18-8-4-5-10(18)9-17-14(19)11-6-3-7-12(15)13(11)16/h3,6-7,10H,2,4-5,8-9,16H2,1H3,(H,17,19). The first-order valence-corrected chi connectivity index (χ1v) is 7.07. The molecule has 1 aromatic carbocycles. The molecule has 0 saturated carbocycles. The molecule has 0 spiro atoms. The zero-order chi connectivity index (χ0) is 13.8. The molecule has 0 aliphatic carbocycles. The van der Waals surface area contributed by atoms with Crippen LogP contribution in [0.2, 0.25) is 5.02 Å². The van der Waals surface area contributed by atoms with Gasteiger partial charge in [0.1, 0.15) is 0 Å². The molecule has 19 heavy (non-hydrogen) atoms. The summed E-state index contributed by atoms with van der Waals surface area (Å²) in [5.41, 5.74) is 6.62. The van der Waals surface area contributed by atoms with Crippen LogP contribution in [0.15, 0.2) is 18.2 Å². The molecule has 2 rings (SSSR count). The van der Waals surface area contributed by atoms with Crippen LogP contribution in [0, 0.1) is 0 Å². The van der Waals surface area contributed by atoms with Gasteiger partial charge in [0.25, 0.3) is 5.91 Å². The fourth-order valence-electron chi connectivity index (χ4n) is 2.58. The number of likely N-dealkylation sites (N-methyl/N-ethyl adjacent to an activating group) is 1. The van der Waals surface area contributed by atoms with E-state index >= 15 is 0 Å². The molecule has 0 radical (unpaired) electrons. The van der Waals surface area contributed by atoms with E-state index in [-0.39, 0.29) is 5.91 Å². The molecule has 1 aliphatic heterocycles. The maximum absolute atomic E-state index is 12.1. The number of benzene rings is 1. The van der Waals surface area contributed by atoms with Crippen molar-refractivity contribution in [1.82, 2.24) is 10.2 Å². The SMILES string of the molecule is CCN1CCCC1CNC(=O)c1cccc(Cl)c1N. The Morgan fingerprint density at radius 1 is 1.58 bits per heavy atom. The van der Waals surface area contributed by atoms with E-state index < -0.39 is 0 Å². The zero-order valence-electron chi connectivity index (χ0n) is 11.2. The largest absolute Gasteiger partial charge is 0.397 e. The monoisotopic (exact) mass is 281 g/mol. The summed E-state index contributed by atoms with van der Waals surface area (Å²) in [6, 6.07) is 5.56. The number of likely N-dealkylation sites (tertiary alicyclic amines) is 1. The third-order valence-electron chi connectivity index (χ3n) is 3.70. The lowest BCUT2D eigenvalue weighted by Crippen LogP contribution is -2.40. The molecule has 1 aliphatic rings.